The summed E-state index contributed by atoms with van der Waals surface area (Å²) in [6, 6.07) is 17.7. The Labute approximate surface area is 198 Å². The summed E-state index contributed by atoms with van der Waals surface area (Å²) in [7, 11) is 1.66. The number of aliphatic imine (C=N–C) groups is 1. The van der Waals surface area contributed by atoms with Crippen molar-refractivity contribution in [1.82, 2.24) is 15.0 Å². The van der Waals surface area contributed by atoms with E-state index in [0.717, 1.165) is 50.6 Å². The topological polar surface area (TPSA) is 72.4 Å². The number of aromatic nitrogens is 3. The number of rotatable bonds is 8. The summed E-state index contributed by atoms with van der Waals surface area (Å²) in [5, 5.41) is 0. The van der Waals surface area contributed by atoms with E-state index in [0.29, 0.717) is 13.2 Å². The molecule has 0 amide bonds. The number of H-pyrrole nitrogens is 1. The minimum Gasteiger partial charge on any atom is -0.496 e. The molecule has 4 aromatic rings. The van der Waals surface area contributed by atoms with Crippen LogP contribution in [0.15, 0.2) is 95.9 Å². The highest BCUT2D eigenvalue weighted by Crippen LogP contribution is 2.26. The van der Waals surface area contributed by atoms with E-state index in [4.69, 9.17) is 9.47 Å². The van der Waals surface area contributed by atoms with Crippen LogP contribution < -0.4 is 9.47 Å². The molecule has 34 heavy (non-hydrogen) atoms. The molecule has 0 saturated heterocycles. The molecule has 1 aliphatic rings. The summed E-state index contributed by atoms with van der Waals surface area (Å²) in [5.74, 6) is 1.48. The van der Waals surface area contributed by atoms with E-state index < -0.39 is 0 Å². The standard InChI is InChI=1S/C28H24N4O2/c1-33-28-16-25(34-18-24-4-2-3-13-29-24)11-9-22(28)8-10-23-14-21(17-30-23)6-5-20-7-12-26-27(15-20)32-19-31-26/h2-16,19H,17-18H2,1H3,(H,31,32)/b6-5+,10-8+. The van der Waals surface area contributed by atoms with E-state index in [9.17, 15) is 0 Å². The van der Waals surface area contributed by atoms with Gasteiger partial charge in [-0.1, -0.05) is 24.3 Å². The number of pyridine rings is 1. The van der Waals surface area contributed by atoms with Crippen LogP contribution in [0.1, 0.15) is 16.8 Å². The van der Waals surface area contributed by atoms with Crippen LogP contribution in [0, 0.1) is 0 Å². The Morgan fingerprint density at radius 3 is 2.82 bits per heavy atom. The van der Waals surface area contributed by atoms with Crippen molar-refractivity contribution in [3.63, 3.8) is 0 Å². The number of ether oxygens (including phenoxy) is 2. The number of nitrogens with one attached hydrogen (secondary N) is 1. The van der Waals surface area contributed by atoms with Crippen molar-refractivity contribution in [1.29, 1.82) is 0 Å². The first kappa shape index (κ1) is 21.4. The number of hydrogen-bond acceptors (Lipinski definition) is 5. The largest absolute Gasteiger partial charge is 0.496 e. The molecule has 2 aromatic heterocycles. The number of benzene rings is 2. The first-order valence-electron chi connectivity index (χ1n) is 11.0. The van der Waals surface area contributed by atoms with Gasteiger partial charge in [0.15, 0.2) is 0 Å². The third-order valence-electron chi connectivity index (χ3n) is 5.46. The maximum Gasteiger partial charge on any atom is 0.130 e. The van der Waals surface area contributed by atoms with Crippen LogP contribution in [-0.4, -0.2) is 34.3 Å². The molecular weight excluding hydrogens is 424 g/mol. The van der Waals surface area contributed by atoms with E-state index in [2.05, 4.69) is 50.3 Å². The van der Waals surface area contributed by atoms with Gasteiger partial charge in [-0.15, -0.1) is 0 Å². The second-order valence-electron chi connectivity index (χ2n) is 7.82. The molecular formula is C28H24N4O2. The number of aromatic amines is 1. The molecule has 2 aromatic carbocycles. The summed E-state index contributed by atoms with van der Waals surface area (Å²) in [4.78, 5) is 16.3. The van der Waals surface area contributed by atoms with Gasteiger partial charge in [0, 0.05) is 17.8 Å². The number of imidazole rings is 1. The Hall–Kier alpha value is -4.45. The fourth-order valence-electron chi connectivity index (χ4n) is 3.66. The molecule has 0 bridgehead atoms. The molecule has 3 heterocycles. The van der Waals surface area contributed by atoms with Crippen LogP contribution in [0.2, 0.25) is 0 Å². The van der Waals surface area contributed by atoms with E-state index in [1.54, 1.807) is 19.6 Å². The predicted molar refractivity (Wildman–Crippen MR) is 136 cm³/mol. The number of hydrogen-bond donors (Lipinski definition) is 1. The summed E-state index contributed by atoms with van der Waals surface area (Å²) < 4.78 is 11.4. The Morgan fingerprint density at radius 2 is 1.94 bits per heavy atom. The molecule has 1 N–H and O–H groups in total. The highest BCUT2D eigenvalue weighted by atomic mass is 16.5. The fourth-order valence-corrected chi connectivity index (χ4v) is 3.66. The van der Waals surface area contributed by atoms with Crippen LogP contribution in [0.3, 0.4) is 0 Å². The van der Waals surface area contributed by atoms with E-state index in [1.807, 2.05) is 54.6 Å². The maximum atomic E-state index is 5.85. The number of nitrogens with zero attached hydrogens (tertiary/aromatic N) is 3. The van der Waals surface area contributed by atoms with Crippen molar-refractivity contribution >= 4 is 28.9 Å². The second kappa shape index (κ2) is 10.0. The minimum atomic E-state index is 0.410. The fraction of sp³-hybridized carbons (Fsp3) is 0.107. The van der Waals surface area contributed by atoms with Crippen molar-refractivity contribution in [2.45, 2.75) is 6.61 Å². The maximum absolute atomic E-state index is 5.85. The molecule has 0 saturated carbocycles. The summed E-state index contributed by atoms with van der Waals surface area (Å²) in [6.07, 6.45) is 13.8. The van der Waals surface area contributed by atoms with E-state index in [-0.39, 0.29) is 0 Å². The Morgan fingerprint density at radius 1 is 0.971 bits per heavy atom. The van der Waals surface area contributed by atoms with Gasteiger partial charge in [0.25, 0.3) is 0 Å². The van der Waals surface area contributed by atoms with Gasteiger partial charge in [-0.2, -0.15) is 0 Å². The average Bonchev–Trinajstić information content (AvgIpc) is 3.55. The Balaban J connectivity index is 1.22. The Kier molecular flexibility index (Phi) is 6.29. The molecule has 0 radical (unpaired) electrons. The minimum absolute atomic E-state index is 0.410. The molecule has 0 fully saturated rings. The normalized spacial score (nSPS) is 13.6. The monoisotopic (exact) mass is 448 g/mol. The molecule has 0 aliphatic carbocycles. The van der Waals surface area contributed by atoms with Crippen molar-refractivity contribution < 1.29 is 9.47 Å². The van der Waals surface area contributed by atoms with Gasteiger partial charge in [-0.05, 0) is 65.8 Å². The summed E-state index contributed by atoms with van der Waals surface area (Å²) in [6.45, 7) is 1.08. The van der Waals surface area contributed by atoms with Crippen molar-refractivity contribution in [2.24, 2.45) is 4.99 Å². The van der Waals surface area contributed by atoms with E-state index in [1.165, 1.54) is 0 Å². The number of methoxy groups -OCH3 is 1. The van der Waals surface area contributed by atoms with Crippen LogP contribution in [0.5, 0.6) is 11.5 Å². The Bertz CT molecular complexity index is 1410. The molecule has 0 spiro atoms. The van der Waals surface area contributed by atoms with Gasteiger partial charge in [0.05, 0.1) is 42.4 Å². The predicted octanol–water partition coefficient (Wildman–Crippen LogP) is 5.65. The summed E-state index contributed by atoms with van der Waals surface area (Å²) in [5.41, 5.74) is 7.05. The summed E-state index contributed by atoms with van der Waals surface area (Å²) >= 11 is 0. The molecule has 6 heteroatoms. The smallest absolute Gasteiger partial charge is 0.130 e. The lowest BCUT2D eigenvalue weighted by molar-refractivity contribution is 0.299. The molecule has 0 atom stereocenters. The first-order chi connectivity index (χ1) is 16.8. The highest BCUT2D eigenvalue weighted by Gasteiger charge is 2.06. The van der Waals surface area contributed by atoms with Gasteiger partial charge in [0.2, 0.25) is 0 Å². The van der Waals surface area contributed by atoms with Gasteiger partial charge in [-0.25, -0.2) is 4.98 Å². The lowest BCUT2D eigenvalue weighted by Gasteiger charge is -2.09. The third kappa shape index (κ3) is 5.13. The lowest BCUT2D eigenvalue weighted by Crippen LogP contribution is -1.98. The zero-order valence-electron chi connectivity index (χ0n) is 18.8. The van der Waals surface area contributed by atoms with Crippen LogP contribution in [0.25, 0.3) is 23.2 Å². The SMILES string of the molecule is COc1cc(OCc2ccccn2)ccc1/C=C/C1=NCC(/C=C/c2ccc3nc[nH]c3c2)=C1. The van der Waals surface area contributed by atoms with Gasteiger partial charge in [0.1, 0.15) is 18.1 Å². The molecule has 1 aliphatic heterocycles. The second-order valence-corrected chi connectivity index (χ2v) is 7.82. The number of fused-ring (bicyclic) bond motifs is 1. The van der Waals surface area contributed by atoms with Gasteiger partial charge in [-0.3, -0.25) is 9.98 Å². The lowest BCUT2D eigenvalue weighted by atomic mass is 10.1. The van der Waals surface area contributed by atoms with Crippen LogP contribution in [-0.2, 0) is 6.61 Å². The third-order valence-corrected chi connectivity index (χ3v) is 5.46. The van der Waals surface area contributed by atoms with E-state index >= 15 is 0 Å². The number of allylic oxidation sites excluding steroid dienone is 2. The quantitative estimate of drug-likeness (QED) is 0.378. The van der Waals surface area contributed by atoms with Crippen LogP contribution in [0.4, 0.5) is 0 Å². The molecule has 0 unspecified atom stereocenters. The highest BCUT2D eigenvalue weighted by molar-refractivity contribution is 6.08. The van der Waals surface area contributed by atoms with Crippen molar-refractivity contribution in [2.75, 3.05) is 13.7 Å². The first-order valence-corrected chi connectivity index (χ1v) is 11.0. The molecule has 168 valence electrons. The van der Waals surface area contributed by atoms with Gasteiger partial charge < -0.3 is 14.5 Å². The zero-order valence-corrected chi connectivity index (χ0v) is 18.8. The average molecular weight is 449 g/mol. The van der Waals surface area contributed by atoms with Gasteiger partial charge >= 0.3 is 0 Å². The molecule has 6 nitrogen and oxygen atoms in total. The zero-order chi connectivity index (χ0) is 23.2. The van der Waals surface area contributed by atoms with Crippen LogP contribution >= 0.6 is 0 Å². The molecule has 5 rings (SSSR count). The van der Waals surface area contributed by atoms with Crippen molar-refractivity contribution in [3.8, 4) is 11.5 Å². The van der Waals surface area contributed by atoms with Crippen molar-refractivity contribution in [3.05, 3.63) is 108 Å².